The van der Waals surface area contributed by atoms with Crippen LogP contribution in [0.2, 0.25) is 0 Å². The van der Waals surface area contributed by atoms with Crippen LogP contribution in [0.3, 0.4) is 0 Å². The van der Waals surface area contributed by atoms with Crippen molar-refractivity contribution in [1.29, 1.82) is 0 Å². The molecule has 21 heavy (non-hydrogen) atoms. The van der Waals surface area contributed by atoms with Crippen molar-refractivity contribution < 1.29 is 13.2 Å². The molecule has 0 heterocycles. The van der Waals surface area contributed by atoms with Crippen LogP contribution in [-0.4, -0.2) is 39.5 Å². The topological polar surface area (TPSA) is 58.6 Å². The standard InChI is InChI=1S/C15H24N2O3S/c1-5-10-17(7-3)21(18,19)14-8-9-15(20-4)13(11-14)12-16-6-2/h5,8-9,11,16H,1,6-7,10,12H2,2-4H3. The Bertz CT molecular complexity index is 570. The van der Waals surface area contributed by atoms with Crippen molar-refractivity contribution in [2.45, 2.75) is 25.3 Å². The Morgan fingerprint density at radius 2 is 2.10 bits per heavy atom. The number of likely N-dealkylation sites (N-methyl/N-ethyl adjacent to an activating group) is 1. The molecule has 0 bridgehead atoms. The van der Waals surface area contributed by atoms with E-state index in [1.807, 2.05) is 13.8 Å². The van der Waals surface area contributed by atoms with Gasteiger partial charge >= 0.3 is 0 Å². The quantitative estimate of drug-likeness (QED) is 0.709. The van der Waals surface area contributed by atoms with Crippen LogP contribution in [0.5, 0.6) is 5.75 Å². The second-order valence-electron chi connectivity index (χ2n) is 4.50. The smallest absolute Gasteiger partial charge is 0.243 e. The molecule has 0 aromatic heterocycles. The zero-order valence-corrected chi connectivity index (χ0v) is 13.7. The van der Waals surface area contributed by atoms with E-state index in [-0.39, 0.29) is 4.90 Å². The van der Waals surface area contributed by atoms with E-state index in [9.17, 15) is 8.42 Å². The third-order valence-corrected chi connectivity index (χ3v) is 5.08. The molecule has 0 atom stereocenters. The largest absolute Gasteiger partial charge is 0.496 e. The van der Waals surface area contributed by atoms with E-state index in [1.165, 1.54) is 4.31 Å². The highest BCUT2D eigenvalue weighted by Gasteiger charge is 2.23. The Labute approximate surface area is 127 Å². The molecular formula is C15H24N2O3S. The van der Waals surface area contributed by atoms with Crippen molar-refractivity contribution in [3.05, 3.63) is 36.4 Å². The van der Waals surface area contributed by atoms with E-state index >= 15 is 0 Å². The SMILES string of the molecule is C=CCN(CC)S(=O)(=O)c1ccc(OC)c(CNCC)c1. The van der Waals surface area contributed by atoms with Crippen molar-refractivity contribution >= 4 is 10.0 Å². The second kappa shape index (κ2) is 8.17. The van der Waals surface area contributed by atoms with E-state index in [0.29, 0.717) is 25.4 Å². The average Bonchev–Trinajstić information content (AvgIpc) is 2.49. The fourth-order valence-corrected chi connectivity index (χ4v) is 3.47. The van der Waals surface area contributed by atoms with Gasteiger partial charge in [0, 0.05) is 25.2 Å². The number of ether oxygens (including phenoxy) is 1. The van der Waals surface area contributed by atoms with Crippen LogP contribution < -0.4 is 10.1 Å². The molecule has 0 amide bonds. The Balaban J connectivity index is 3.20. The van der Waals surface area contributed by atoms with Crippen LogP contribution in [0.1, 0.15) is 19.4 Å². The first kappa shape index (κ1) is 17.7. The Kier molecular flexibility index (Phi) is 6.87. The molecule has 1 N–H and O–H groups in total. The summed E-state index contributed by atoms with van der Waals surface area (Å²) in [5.41, 5.74) is 0.829. The minimum Gasteiger partial charge on any atom is -0.496 e. The van der Waals surface area contributed by atoms with Gasteiger partial charge in [-0.3, -0.25) is 0 Å². The third kappa shape index (κ3) is 4.30. The zero-order valence-electron chi connectivity index (χ0n) is 12.9. The third-order valence-electron chi connectivity index (χ3n) is 3.14. The summed E-state index contributed by atoms with van der Waals surface area (Å²) in [7, 11) is -1.93. The monoisotopic (exact) mass is 312 g/mol. The van der Waals surface area contributed by atoms with E-state index in [2.05, 4.69) is 11.9 Å². The number of benzene rings is 1. The summed E-state index contributed by atoms with van der Waals surface area (Å²) in [6, 6.07) is 4.94. The number of hydrogen-bond donors (Lipinski definition) is 1. The van der Waals surface area contributed by atoms with Gasteiger partial charge in [0.2, 0.25) is 10.0 Å². The van der Waals surface area contributed by atoms with Crippen LogP contribution in [0.25, 0.3) is 0 Å². The van der Waals surface area contributed by atoms with Gasteiger partial charge < -0.3 is 10.1 Å². The maximum atomic E-state index is 12.6. The lowest BCUT2D eigenvalue weighted by Gasteiger charge is -2.20. The Morgan fingerprint density at radius 3 is 2.62 bits per heavy atom. The van der Waals surface area contributed by atoms with E-state index in [1.54, 1.807) is 31.4 Å². The molecule has 0 saturated heterocycles. The van der Waals surface area contributed by atoms with Gasteiger partial charge in [-0.15, -0.1) is 6.58 Å². The van der Waals surface area contributed by atoms with Crippen LogP contribution in [0.4, 0.5) is 0 Å². The van der Waals surface area contributed by atoms with Crippen molar-refractivity contribution in [1.82, 2.24) is 9.62 Å². The van der Waals surface area contributed by atoms with E-state index < -0.39 is 10.0 Å². The highest BCUT2D eigenvalue weighted by atomic mass is 32.2. The number of rotatable bonds is 9. The maximum absolute atomic E-state index is 12.6. The Morgan fingerprint density at radius 1 is 1.38 bits per heavy atom. The van der Waals surface area contributed by atoms with Crippen LogP contribution in [-0.2, 0) is 16.6 Å². The van der Waals surface area contributed by atoms with E-state index in [0.717, 1.165) is 12.1 Å². The number of methoxy groups -OCH3 is 1. The van der Waals surface area contributed by atoms with Crippen LogP contribution >= 0.6 is 0 Å². The first-order valence-corrected chi connectivity index (χ1v) is 8.43. The molecule has 118 valence electrons. The van der Waals surface area contributed by atoms with Gasteiger partial charge in [0.05, 0.1) is 12.0 Å². The molecule has 1 aromatic carbocycles. The molecule has 6 heteroatoms. The summed E-state index contributed by atoms with van der Waals surface area (Å²) in [5, 5.41) is 3.18. The molecule has 0 aliphatic rings. The molecule has 0 saturated carbocycles. The first-order valence-electron chi connectivity index (χ1n) is 6.99. The molecule has 1 aromatic rings. The molecule has 5 nitrogen and oxygen atoms in total. The van der Waals surface area contributed by atoms with Gasteiger partial charge in [-0.05, 0) is 24.7 Å². The highest BCUT2D eigenvalue weighted by Crippen LogP contribution is 2.24. The molecular weight excluding hydrogens is 288 g/mol. The lowest BCUT2D eigenvalue weighted by molar-refractivity contribution is 0.407. The molecule has 0 radical (unpaired) electrons. The summed E-state index contributed by atoms with van der Waals surface area (Å²) in [5.74, 6) is 0.682. The zero-order chi connectivity index (χ0) is 15.9. The van der Waals surface area contributed by atoms with Gasteiger partial charge in [-0.25, -0.2) is 8.42 Å². The highest BCUT2D eigenvalue weighted by molar-refractivity contribution is 7.89. The fourth-order valence-electron chi connectivity index (χ4n) is 2.00. The lowest BCUT2D eigenvalue weighted by atomic mass is 10.2. The minimum absolute atomic E-state index is 0.278. The average molecular weight is 312 g/mol. The summed E-state index contributed by atoms with van der Waals surface area (Å²) >= 11 is 0. The van der Waals surface area contributed by atoms with Crippen molar-refractivity contribution in [3.63, 3.8) is 0 Å². The summed E-state index contributed by atoms with van der Waals surface area (Å²) < 4.78 is 31.9. The predicted octanol–water partition coefficient (Wildman–Crippen LogP) is 2.00. The van der Waals surface area contributed by atoms with Gasteiger partial charge in [0.15, 0.2) is 0 Å². The Hall–Kier alpha value is -1.37. The maximum Gasteiger partial charge on any atom is 0.243 e. The minimum atomic E-state index is -3.51. The number of hydrogen-bond acceptors (Lipinski definition) is 4. The van der Waals surface area contributed by atoms with Crippen LogP contribution in [0, 0.1) is 0 Å². The predicted molar refractivity (Wildman–Crippen MR) is 85.0 cm³/mol. The summed E-state index contributed by atoms with van der Waals surface area (Å²) in [4.78, 5) is 0.278. The molecule has 0 aliphatic heterocycles. The number of nitrogens with one attached hydrogen (secondary N) is 1. The second-order valence-corrected chi connectivity index (χ2v) is 6.44. The molecule has 0 unspecified atom stereocenters. The van der Waals surface area contributed by atoms with E-state index in [4.69, 9.17) is 4.74 Å². The van der Waals surface area contributed by atoms with Crippen molar-refractivity contribution in [2.75, 3.05) is 26.7 Å². The molecule has 0 aliphatic carbocycles. The molecule has 0 spiro atoms. The number of sulfonamides is 1. The normalized spacial score (nSPS) is 11.6. The fraction of sp³-hybridized carbons (Fsp3) is 0.467. The van der Waals surface area contributed by atoms with Crippen molar-refractivity contribution in [2.24, 2.45) is 0 Å². The van der Waals surface area contributed by atoms with Crippen LogP contribution in [0.15, 0.2) is 35.7 Å². The first-order chi connectivity index (χ1) is 10.0. The summed E-state index contributed by atoms with van der Waals surface area (Å²) in [6.45, 7) is 9.48. The van der Waals surface area contributed by atoms with Crippen molar-refractivity contribution in [3.8, 4) is 5.75 Å². The van der Waals surface area contributed by atoms with Gasteiger partial charge in [-0.2, -0.15) is 4.31 Å². The lowest BCUT2D eigenvalue weighted by Crippen LogP contribution is -2.31. The van der Waals surface area contributed by atoms with Gasteiger partial charge in [-0.1, -0.05) is 19.9 Å². The van der Waals surface area contributed by atoms with Gasteiger partial charge in [0.25, 0.3) is 0 Å². The van der Waals surface area contributed by atoms with Gasteiger partial charge in [0.1, 0.15) is 5.75 Å². The summed E-state index contributed by atoms with van der Waals surface area (Å²) in [6.07, 6.45) is 1.59. The molecule has 1 rings (SSSR count). The number of nitrogens with zero attached hydrogens (tertiary/aromatic N) is 1. The molecule has 0 fully saturated rings.